The summed E-state index contributed by atoms with van der Waals surface area (Å²) in [5.41, 5.74) is 6.78. The molecular formula is C26H29FN6O4. The van der Waals surface area contributed by atoms with Gasteiger partial charge in [0.15, 0.2) is 11.5 Å². The van der Waals surface area contributed by atoms with Gasteiger partial charge in [0.2, 0.25) is 5.91 Å². The Morgan fingerprint density at radius 1 is 1.19 bits per heavy atom. The molecule has 2 aromatic heterocycles. The fourth-order valence-corrected chi connectivity index (χ4v) is 3.90. The number of nitrogens with zero attached hydrogens (tertiary/aromatic N) is 3. The zero-order valence-corrected chi connectivity index (χ0v) is 21.0. The first-order valence-electron chi connectivity index (χ1n) is 11.6. The van der Waals surface area contributed by atoms with Gasteiger partial charge in [-0.3, -0.25) is 14.3 Å². The zero-order chi connectivity index (χ0) is 26.7. The molecule has 0 radical (unpaired) electrons. The van der Waals surface area contributed by atoms with Crippen LogP contribution in [0.3, 0.4) is 0 Å². The van der Waals surface area contributed by atoms with Crippen LogP contribution in [0.25, 0.3) is 10.9 Å². The van der Waals surface area contributed by atoms with Gasteiger partial charge in [-0.25, -0.2) is 4.39 Å². The highest BCUT2D eigenvalue weighted by molar-refractivity contribution is 6.06. The van der Waals surface area contributed by atoms with Gasteiger partial charge in [-0.05, 0) is 34.3 Å². The van der Waals surface area contributed by atoms with Crippen LogP contribution >= 0.6 is 0 Å². The van der Waals surface area contributed by atoms with E-state index >= 15 is 0 Å². The molecule has 1 atom stereocenters. The molecule has 0 fully saturated rings. The fourth-order valence-electron chi connectivity index (χ4n) is 3.90. The summed E-state index contributed by atoms with van der Waals surface area (Å²) in [4.78, 5) is 26.5. The van der Waals surface area contributed by atoms with Crippen LogP contribution in [0, 0.1) is 11.2 Å². The zero-order valence-electron chi connectivity index (χ0n) is 21.0. The molecule has 1 unspecified atom stereocenters. The second-order valence-electron chi connectivity index (χ2n) is 9.71. The van der Waals surface area contributed by atoms with E-state index in [1.165, 1.54) is 23.9 Å². The SMILES string of the molecule is COc1cc(CNC(=O)C(NC(=O)c2nn(Cc3ccc(N)cc3)c3c(F)cccc23)C(C)(C)C)on1. The van der Waals surface area contributed by atoms with Crippen LogP contribution < -0.4 is 21.1 Å². The Morgan fingerprint density at radius 3 is 2.57 bits per heavy atom. The summed E-state index contributed by atoms with van der Waals surface area (Å²) in [6, 6.07) is 12.2. The van der Waals surface area contributed by atoms with Crippen LogP contribution in [0.4, 0.5) is 10.1 Å². The lowest BCUT2D eigenvalue weighted by Crippen LogP contribution is -2.53. The van der Waals surface area contributed by atoms with Gasteiger partial charge in [-0.15, -0.1) is 0 Å². The van der Waals surface area contributed by atoms with Crippen LogP contribution in [0.2, 0.25) is 0 Å². The van der Waals surface area contributed by atoms with Crippen molar-refractivity contribution >= 4 is 28.4 Å². The van der Waals surface area contributed by atoms with Gasteiger partial charge in [0, 0.05) is 17.1 Å². The standard InChI is InChI=1S/C26H29FN6O4/c1-26(2,3)23(25(35)29-13-17-12-20(36-4)32-37-17)30-24(34)21-18-6-5-7-19(27)22(18)33(31-21)14-15-8-10-16(28)11-9-15/h5-12,23H,13-14,28H2,1-4H3,(H,29,35)(H,30,34). The number of carbonyl (C=O) groups is 2. The van der Waals surface area contributed by atoms with Crippen molar-refractivity contribution in [2.45, 2.75) is 39.9 Å². The second-order valence-corrected chi connectivity index (χ2v) is 9.71. The monoisotopic (exact) mass is 508 g/mol. The Labute approximate surface area is 212 Å². The first-order valence-corrected chi connectivity index (χ1v) is 11.6. The number of para-hydroxylation sites is 1. The van der Waals surface area contributed by atoms with E-state index in [4.69, 9.17) is 15.0 Å². The molecule has 0 saturated heterocycles. The summed E-state index contributed by atoms with van der Waals surface area (Å²) in [5, 5.41) is 14.0. The van der Waals surface area contributed by atoms with Gasteiger partial charge >= 0.3 is 0 Å². The molecule has 11 heteroatoms. The molecule has 0 spiro atoms. The molecule has 2 aromatic carbocycles. The van der Waals surface area contributed by atoms with Crippen LogP contribution in [0.5, 0.6) is 5.88 Å². The summed E-state index contributed by atoms with van der Waals surface area (Å²) in [7, 11) is 1.46. The molecule has 0 aliphatic carbocycles. The van der Waals surface area contributed by atoms with Crippen LogP contribution in [-0.2, 0) is 17.9 Å². The van der Waals surface area contributed by atoms with E-state index < -0.39 is 29.1 Å². The van der Waals surface area contributed by atoms with Crippen molar-refractivity contribution in [3.05, 3.63) is 71.4 Å². The minimum Gasteiger partial charge on any atom is -0.479 e. The van der Waals surface area contributed by atoms with Crippen molar-refractivity contribution in [2.24, 2.45) is 5.41 Å². The fraction of sp³-hybridized carbons (Fsp3) is 0.308. The number of nitrogens with two attached hydrogens (primary N) is 1. The maximum Gasteiger partial charge on any atom is 0.273 e. The number of nitrogens with one attached hydrogen (secondary N) is 2. The van der Waals surface area contributed by atoms with E-state index in [-0.39, 0.29) is 24.3 Å². The highest BCUT2D eigenvalue weighted by Crippen LogP contribution is 2.25. The van der Waals surface area contributed by atoms with Gasteiger partial charge in [0.05, 0.1) is 20.2 Å². The van der Waals surface area contributed by atoms with Gasteiger partial charge in [0.1, 0.15) is 17.4 Å². The minimum absolute atomic E-state index is 0.0203. The topological polar surface area (TPSA) is 137 Å². The number of nitrogen functional groups attached to an aromatic ring is 1. The lowest BCUT2D eigenvalue weighted by molar-refractivity contribution is -0.125. The molecule has 2 heterocycles. The van der Waals surface area contributed by atoms with E-state index in [1.807, 2.05) is 32.9 Å². The number of benzene rings is 2. The highest BCUT2D eigenvalue weighted by atomic mass is 19.1. The average Bonchev–Trinajstić information content (AvgIpc) is 3.47. The molecule has 4 N–H and O–H groups in total. The Kier molecular flexibility index (Phi) is 7.14. The normalized spacial score (nSPS) is 12.4. The van der Waals surface area contributed by atoms with Gasteiger partial charge in [-0.1, -0.05) is 45.0 Å². The molecule has 0 bridgehead atoms. The maximum absolute atomic E-state index is 14.9. The van der Waals surface area contributed by atoms with Crippen LogP contribution in [-0.4, -0.2) is 39.9 Å². The predicted molar refractivity (Wildman–Crippen MR) is 135 cm³/mol. The number of halogens is 1. The largest absolute Gasteiger partial charge is 0.479 e. The molecule has 194 valence electrons. The Balaban J connectivity index is 1.58. The van der Waals surface area contributed by atoms with Crippen LogP contribution in [0.1, 0.15) is 42.6 Å². The molecule has 4 rings (SSSR count). The maximum atomic E-state index is 14.9. The van der Waals surface area contributed by atoms with Gasteiger partial charge in [0.25, 0.3) is 11.8 Å². The second kappa shape index (κ2) is 10.3. The molecule has 10 nitrogen and oxygen atoms in total. The third kappa shape index (κ3) is 5.71. The van der Waals surface area contributed by atoms with Crippen molar-refractivity contribution in [1.82, 2.24) is 25.6 Å². The molecule has 0 aliphatic heterocycles. The molecular weight excluding hydrogens is 479 g/mol. The summed E-state index contributed by atoms with van der Waals surface area (Å²) < 4.78 is 26.4. The molecule has 2 amide bonds. The summed E-state index contributed by atoms with van der Waals surface area (Å²) in [6.45, 7) is 5.77. The molecule has 4 aromatic rings. The third-order valence-electron chi connectivity index (χ3n) is 5.83. The number of amides is 2. The number of methoxy groups -OCH3 is 1. The lowest BCUT2D eigenvalue weighted by Gasteiger charge is -2.30. The number of hydrogen-bond donors (Lipinski definition) is 3. The number of aromatic nitrogens is 3. The van der Waals surface area contributed by atoms with Crippen molar-refractivity contribution < 1.29 is 23.2 Å². The summed E-state index contributed by atoms with van der Waals surface area (Å²) in [5.74, 6) is -0.839. The molecule has 37 heavy (non-hydrogen) atoms. The van der Waals surface area contributed by atoms with Crippen LogP contribution in [0.15, 0.2) is 53.1 Å². The first kappa shape index (κ1) is 25.7. The van der Waals surface area contributed by atoms with Gasteiger partial charge in [-0.2, -0.15) is 5.10 Å². The minimum atomic E-state index is -0.921. The van der Waals surface area contributed by atoms with E-state index in [0.717, 1.165) is 5.56 Å². The summed E-state index contributed by atoms with van der Waals surface area (Å²) >= 11 is 0. The average molecular weight is 509 g/mol. The highest BCUT2D eigenvalue weighted by Gasteiger charge is 2.34. The van der Waals surface area contributed by atoms with Crippen molar-refractivity contribution in [1.29, 1.82) is 0 Å². The van der Waals surface area contributed by atoms with Crippen molar-refractivity contribution in [3.8, 4) is 5.88 Å². The number of ether oxygens (including phenoxy) is 1. The van der Waals surface area contributed by atoms with Crippen molar-refractivity contribution in [3.63, 3.8) is 0 Å². The number of hydrogen-bond acceptors (Lipinski definition) is 7. The molecule has 0 aliphatic rings. The van der Waals surface area contributed by atoms with E-state index in [9.17, 15) is 14.0 Å². The third-order valence-corrected chi connectivity index (χ3v) is 5.83. The Morgan fingerprint density at radius 2 is 1.92 bits per heavy atom. The van der Waals surface area contributed by atoms with E-state index in [0.29, 0.717) is 22.7 Å². The number of fused-ring (bicyclic) bond motifs is 1. The van der Waals surface area contributed by atoms with Crippen molar-refractivity contribution in [2.75, 3.05) is 12.8 Å². The Hall–Kier alpha value is -4.41. The Bertz CT molecular complexity index is 1420. The quantitative estimate of drug-likeness (QED) is 0.311. The molecule has 0 saturated carbocycles. The lowest BCUT2D eigenvalue weighted by atomic mass is 9.86. The number of carbonyl (C=O) groups excluding carboxylic acids is 2. The first-order chi connectivity index (χ1) is 17.6. The number of rotatable bonds is 8. The summed E-state index contributed by atoms with van der Waals surface area (Å²) in [6.07, 6.45) is 0. The van der Waals surface area contributed by atoms with E-state index in [1.54, 1.807) is 24.3 Å². The number of anilines is 1. The smallest absolute Gasteiger partial charge is 0.273 e. The predicted octanol–water partition coefficient (Wildman–Crippen LogP) is 3.26. The van der Waals surface area contributed by atoms with E-state index in [2.05, 4.69) is 20.9 Å². The van der Waals surface area contributed by atoms with Gasteiger partial charge < -0.3 is 25.6 Å².